The van der Waals surface area contributed by atoms with Gasteiger partial charge in [-0.05, 0) is 63.2 Å². The van der Waals surface area contributed by atoms with Crippen molar-refractivity contribution in [3.05, 3.63) is 88.9 Å². The number of furan rings is 1. The van der Waals surface area contributed by atoms with E-state index in [9.17, 15) is 9.59 Å². The number of aromatic nitrogens is 1. The highest BCUT2D eigenvalue weighted by Crippen LogP contribution is 2.21. The molecule has 0 aliphatic rings. The molecule has 0 saturated heterocycles. The van der Waals surface area contributed by atoms with Crippen LogP contribution in [0.2, 0.25) is 0 Å². The van der Waals surface area contributed by atoms with E-state index >= 15 is 0 Å². The molecular formula is C25H23N3O4. The third-order valence-corrected chi connectivity index (χ3v) is 5.13. The second-order valence-corrected chi connectivity index (χ2v) is 7.28. The Morgan fingerprint density at radius 1 is 1.09 bits per heavy atom. The SMILES string of the molecule is CCOC(=O)c1ccc(-n2c(C)cc(/C=N/NC(=O)c3cc4ccccc4o3)c2C)cc1. The lowest BCUT2D eigenvalue weighted by Crippen LogP contribution is -2.16. The Morgan fingerprint density at radius 2 is 1.84 bits per heavy atom. The standard InChI is InChI=1S/C25H23N3O4/c1-4-31-25(30)18-9-11-21(12-10-18)28-16(2)13-20(17(28)3)15-26-27-24(29)23-14-19-7-5-6-8-22(19)32-23/h5-15H,4H2,1-3H3,(H,27,29)/b26-15+. The molecule has 0 atom stereocenters. The maximum absolute atomic E-state index is 12.4. The average Bonchev–Trinajstić information content (AvgIpc) is 3.35. The average molecular weight is 429 g/mol. The monoisotopic (exact) mass is 429 g/mol. The molecule has 0 aliphatic carbocycles. The van der Waals surface area contributed by atoms with Crippen LogP contribution in [0, 0.1) is 13.8 Å². The summed E-state index contributed by atoms with van der Waals surface area (Å²) in [5.41, 5.74) is 7.40. The summed E-state index contributed by atoms with van der Waals surface area (Å²) in [6, 6.07) is 18.3. The number of carbonyl (C=O) groups excluding carboxylic acids is 2. The van der Waals surface area contributed by atoms with Gasteiger partial charge in [0.1, 0.15) is 5.58 Å². The van der Waals surface area contributed by atoms with Crippen LogP contribution in [0.1, 0.15) is 44.8 Å². The highest BCUT2D eigenvalue weighted by molar-refractivity contribution is 5.96. The summed E-state index contributed by atoms with van der Waals surface area (Å²) in [6.07, 6.45) is 1.60. The largest absolute Gasteiger partial charge is 0.462 e. The number of hydrogen-bond acceptors (Lipinski definition) is 5. The van der Waals surface area contributed by atoms with Crippen LogP contribution in [0.4, 0.5) is 0 Å². The molecule has 7 nitrogen and oxygen atoms in total. The van der Waals surface area contributed by atoms with Gasteiger partial charge in [0.25, 0.3) is 0 Å². The number of para-hydroxylation sites is 1. The fourth-order valence-corrected chi connectivity index (χ4v) is 3.59. The second kappa shape index (κ2) is 8.93. The number of rotatable bonds is 6. The molecule has 4 rings (SSSR count). The highest BCUT2D eigenvalue weighted by Gasteiger charge is 2.13. The fourth-order valence-electron chi connectivity index (χ4n) is 3.59. The van der Waals surface area contributed by atoms with E-state index in [1.807, 2.05) is 56.3 Å². The number of carbonyl (C=O) groups is 2. The van der Waals surface area contributed by atoms with Crippen molar-refractivity contribution in [2.75, 3.05) is 6.61 Å². The molecule has 0 radical (unpaired) electrons. The van der Waals surface area contributed by atoms with E-state index in [2.05, 4.69) is 15.1 Å². The molecule has 0 fully saturated rings. The third kappa shape index (κ3) is 4.18. The number of fused-ring (bicyclic) bond motifs is 1. The van der Waals surface area contributed by atoms with Gasteiger partial charge >= 0.3 is 11.9 Å². The second-order valence-electron chi connectivity index (χ2n) is 7.28. The molecule has 1 N–H and O–H groups in total. The minimum atomic E-state index is -0.416. The van der Waals surface area contributed by atoms with Crippen molar-refractivity contribution in [3.63, 3.8) is 0 Å². The lowest BCUT2D eigenvalue weighted by Gasteiger charge is -2.10. The van der Waals surface area contributed by atoms with Crippen molar-refractivity contribution in [2.24, 2.45) is 5.10 Å². The van der Waals surface area contributed by atoms with Gasteiger partial charge in [-0.25, -0.2) is 10.2 Å². The Bertz CT molecular complexity index is 1280. The summed E-state index contributed by atoms with van der Waals surface area (Å²) in [6.45, 7) is 6.07. The van der Waals surface area contributed by atoms with E-state index in [4.69, 9.17) is 9.15 Å². The van der Waals surface area contributed by atoms with E-state index in [1.165, 1.54) is 0 Å². The van der Waals surface area contributed by atoms with Crippen LogP contribution in [0.25, 0.3) is 16.7 Å². The number of esters is 1. The molecule has 0 aliphatic heterocycles. The normalized spacial score (nSPS) is 11.2. The molecule has 0 saturated carbocycles. The number of hydrogen-bond donors (Lipinski definition) is 1. The molecule has 0 spiro atoms. The van der Waals surface area contributed by atoms with Gasteiger partial charge < -0.3 is 13.7 Å². The number of ether oxygens (including phenoxy) is 1. The summed E-state index contributed by atoms with van der Waals surface area (Å²) in [5.74, 6) is -0.552. The molecule has 7 heteroatoms. The highest BCUT2D eigenvalue weighted by atomic mass is 16.5. The molecule has 162 valence electrons. The third-order valence-electron chi connectivity index (χ3n) is 5.13. The van der Waals surface area contributed by atoms with Crippen molar-refractivity contribution >= 4 is 29.1 Å². The van der Waals surface area contributed by atoms with Gasteiger partial charge in [-0.15, -0.1) is 0 Å². The first kappa shape index (κ1) is 21.1. The van der Waals surface area contributed by atoms with Crippen LogP contribution in [-0.4, -0.2) is 29.3 Å². The molecule has 0 bridgehead atoms. The maximum Gasteiger partial charge on any atom is 0.338 e. The van der Waals surface area contributed by atoms with Gasteiger partial charge in [-0.3, -0.25) is 4.79 Å². The zero-order chi connectivity index (χ0) is 22.7. The quantitative estimate of drug-likeness (QED) is 0.271. The first-order chi connectivity index (χ1) is 15.5. The first-order valence-corrected chi connectivity index (χ1v) is 10.3. The van der Waals surface area contributed by atoms with Crippen LogP contribution < -0.4 is 5.43 Å². The van der Waals surface area contributed by atoms with Crippen LogP contribution >= 0.6 is 0 Å². The first-order valence-electron chi connectivity index (χ1n) is 10.3. The number of amides is 1. The number of nitrogens with one attached hydrogen (secondary N) is 1. The van der Waals surface area contributed by atoms with Gasteiger partial charge in [-0.1, -0.05) is 18.2 Å². The van der Waals surface area contributed by atoms with Crippen LogP contribution in [-0.2, 0) is 4.74 Å². The molecule has 2 heterocycles. The van der Waals surface area contributed by atoms with Crippen LogP contribution in [0.3, 0.4) is 0 Å². The van der Waals surface area contributed by atoms with Crippen molar-refractivity contribution in [3.8, 4) is 5.69 Å². The smallest absolute Gasteiger partial charge is 0.338 e. The van der Waals surface area contributed by atoms with Gasteiger partial charge in [0, 0.05) is 28.0 Å². The summed E-state index contributed by atoms with van der Waals surface area (Å²) < 4.78 is 12.6. The topological polar surface area (TPSA) is 85.8 Å². The van der Waals surface area contributed by atoms with Crippen molar-refractivity contribution in [2.45, 2.75) is 20.8 Å². The zero-order valence-corrected chi connectivity index (χ0v) is 18.1. The lowest BCUT2D eigenvalue weighted by molar-refractivity contribution is 0.0526. The molecular weight excluding hydrogens is 406 g/mol. The number of hydrazone groups is 1. The lowest BCUT2D eigenvalue weighted by atomic mass is 10.2. The van der Waals surface area contributed by atoms with Crippen molar-refractivity contribution in [1.29, 1.82) is 0 Å². The summed E-state index contributed by atoms with van der Waals surface area (Å²) in [4.78, 5) is 24.2. The minimum Gasteiger partial charge on any atom is -0.462 e. The fraction of sp³-hybridized carbons (Fsp3) is 0.160. The van der Waals surface area contributed by atoms with Crippen molar-refractivity contribution < 1.29 is 18.7 Å². The summed E-state index contributed by atoms with van der Waals surface area (Å²) in [5, 5.41) is 4.96. The molecule has 1 amide bonds. The zero-order valence-electron chi connectivity index (χ0n) is 18.1. The van der Waals surface area contributed by atoms with Gasteiger partial charge in [0.05, 0.1) is 18.4 Å². The van der Waals surface area contributed by atoms with Crippen LogP contribution in [0.15, 0.2) is 70.2 Å². The Labute approximate surface area is 185 Å². The Balaban J connectivity index is 1.49. The number of benzene rings is 2. The molecule has 2 aromatic heterocycles. The molecule has 4 aromatic rings. The van der Waals surface area contributed by atoms with Crippen LogP contribution in [0.5, 0.6) is 0 Å². The van der Waals surface area contributed by atoms with E-state index in [1.54, 1.807) is 31.3 Å². The minimum absolute atomic E-state index is 0.204. The van der Waals surface area contributed by atoms with E-state index in [-0.39, 0.29) is 11.7 Å². The Hall–Kier alpha value is -4.13. The summed E-state index contributed by atoms with van der Waals surface area (Å²) >= 11 is 0. The molecule has 2 aromatic carbocycles. The Morgan fingerprint density at radius 3 is 2.56 bits per heavy atom. The summed E-state index contributed by atoms with van der Waals surface area (Å²) in [7, 11) is 0. The number of aryl methyl sites for hydroxylation is 1. The van der Waals surface area contributed by atoms with Gasteiger partial charge in [0.2, 0.25) is 0 Å². The van der Waals surface area contributed by atoms with E-state index in [0.29, 0.717) is 17.8 Å². The predicted octanol–water partition coefficient (Wildman–Crippen LogP) is 4.78. The van der Waals surface area contributed by atoms with Crippen molar-refractivity contribution in [1.82, 2.24) is 9.99 Å². The predicted molar refractivity (Wildman–Crippen MR) is 122 cm³/mol. The van der Waals surface area contributed by atoms with Gasteiger partial charge in [0.15, 0.2) is 5.76 Å². The van der Waals surface area contributed by atoms with Gasteiger partial charge in [-0.2, -0.15) is 5.10 Å². The van der Waals surface area contributed by atoms with E-state index in [0.717, 1.165) is 28.0 Å². The molecule has 0 unspecified atom stereocenters. The molecule has 32 heavy (non-hydrogen) atoms. The Kier molecular flexibility index (Phi) is 5.89. The number of nitrogens with zero attached hydrogens (tertiary/aromatic N) is 2. The van der Waals surface area contributed by atoms with E-state index < -0.39 is 5.91 Å². The maximum atomic E-state index is 12.4.